The zero-order chi connectivity index (χ0) is 16.1. The Bertz CT molecular complexity index is 1020. The second-order valence-corrected chi connectivity index (χ2v) is 6.65. The van der Waals surface area contributed by atoms with E-state index in [0.717, 1.165) is 16.4 Å². The largest absolute Gasteiger partial charge is 0.251 e. The van der Waals surface area contributed by atoms with Gasteiger partial charge >= 0.3 is 0 Å². The van der Waals surface area contributed by atoms with Crippen LogP contribution in [0.2, 0.25) is 5.02 Å². The van der Waals surface area contributed by atoms with Crippen LogP contribution in [0.4, 0.5) is 5.69 Å². The lowest BCUT2D eigenvalue weighted by molar-refractivity contribution is 0.892. The Morgan fingerprint density at radius 1 is 0.833 bits per heavy atom. The van der Waals surface area contributed by atoms with Crippen molar-refractivity contribution in [2.24, 2.45) is 4.99 Å². The number of hydrogen-bond donors (Lipinski definition) is 0. The summed E-state index contributed by atoms with van der Waals surface area (Å²) >= 11 is 6.23. The molecule has 24 heavy (non-hydrogen) atoms. The SMILES string of the molecule is Clc1ccc2c(c1)N=C1c3ccccc3C=C[C@@]12c1ccccc1. The quantitative estimate of drug-likeness (QED) is 0.536. The van der Waals surface area contributed by atoms with Crippen molar-refractivity contribution >= 4 is 29.1 Å². The number of benzene rings is 3. The zero-order valence-electron chi connectivity index (χ0n) is 12.9. The standard InChI is InChI=1S/C22H14ClN/c23-17-10-11-19-20(14-17)24-21-18-9-5-4-6-15(18)12-13-22(19,21)16-7-2-1-3-8-16/h1-14H/t22-/m0/s1. The Kier molecular flexibility index (Phi) is 2.83. The van der Waals surface area contributed by atoms with Crippen LogP contribution in [0.5, 0.6) is 0 Å². The minimum absolute atomic E-state index is 0.338. The van der Waals surface area contributed by atoms with E-state index in [4.69, 9.17) is 16.6 Å². The third-order valence-corrected chi connectivity index (χ3v) is 5.18. The van der Waals surface area contributed by atoms with Gasteiger partial charge in [-0.05, 0) is 28.8 Å². The van der Waals surface area contributed by atoms with E-state index in [0.29, 0.717) is 0 Å². The first kappa shape index (κ1) is 13.8. The summed E-state index contributed by atoms with van der Waals surface area (Å²) in [5.41, 5.74) is 6.54. The van der Waals surface area contributed by atoms with Gasteiger partial charge < -0.3 is 0 Å². The van der Waals surface area contributed by atoms with Gasteiger partial charge in [0, 0.05) is 10.6 Å². The molecular formula is C22H14ClN. The molecule has 0 amide bonds. The molecule has 2 aliphatic rings. The summed E-state index contributed by atoms with van der Waals surface area (Å²) in [4.78, 5) is 5.01. The van der Waals surface area contributed by atoms with Crippen molar-refractivity contribution in [3.05, 3.63) is 106 Å². The maximum Gasteiger partial charge on any atom is 0.0835 e. The number of fused-ring (bicyclic) bond motifs is 5. The van der Waals surface area contributed by atoms with Crippen LogP contribution in [0.15, 0.2) is 83.9 Å². The van der Waals surface area contributed by atoms with Crippen molar-refractivity contribution in [3.8, 4) is 0 Å². The molecule has 1 aliphatic heterocycles. The summed E-state index contributed by atoms with van der Waals surface area (Å²) in [5, 5.41) is 0.720. The molecule has 0 unspecified atom stereocenters. The molecule has 0 radical (unpaired) electrons. The maximum atomic E-state index is 6.23. The van der Waals surface area contributed by atoms with Crippen molar-refractivity contribution < 1.29 is 0 Å². The molecule has 2 heteroatoms. The summed E-state index contributed by atoms with van der Waals surface area (Å²) in [6.45, 7) is 0. The van der Waals surface area contributed by atoms with E-state index in [2.05, 4.69) is 72.8 Å². The molecule has 0 fully saturated rings. The van der Waals surface area contributed by atoms with Gasteiger partial charge in [0.25, 0.3) is 0 Å². The molecule has 0 spiro atoms. The van der Waals surface area contributed by atoms with Crippen LogP contribution in [0.25, 0.3) is 6.08 Å². The van der Waals surface area contributed by atoms with Gasteiger partial charge in [-0.3, -0.25) is 4.99 Å². The second-order valence-electron chi connectivity index (χ2n) is 6.22. The van der Waals surface area contributed by atoms with E-state index in [1.807, 2.05) is 12.1 Å². The third kappa shape index (κ3) is 1.73. The molecule has 0 saturated heterocycles. The van der Waals surface area contributed by atoms with E-state index < -0.39 is 0 Å². The van der Waals surface area contributed by atoms with Crippen molar-refractivity contribution in [2.75, 3.05) is 0 Å². The van der Waals surface area contributed by atoms with Crippen LogP contribution in [-0.2, 0) is 5.41 Å². The fourth-order valence-electron chi connectivity index (χ4n) is 3.87. The molecule has 1 heterocycles. The highest BCUT2D eigenvalue weighted by molar-refractivity contribution is 6.31. The molecule has 0 saturated carbocycles. The van der Waals surface area contributed by atoms with Gasteiger partial charge in [0.1, 0.15) is 0 Å². The molecule has 5 rings (SSSR count). The Labute approximate surface area is 146 Å². The highest BCUT2D eigenvalue weighted by Crippen LogP contribution is 2.50. The number of allylic oxidation sites excluding steroid dienone is 1. The number of rotatable bonds is 1. The smallest absolute Gasteiger partial charge is 0.0835 e. The summed E-state index contributed by atoms with van der Waals surface area (Å²) in [6, 6.07) is 25.0. The van der Waals surface area contributed by atoms with Gasteiger partial charge in [-0.1, -0.05) is 84.4 Å². The molecule has 3 aromatic rings. The van der Waals surface area contributed by atoms with Crippen LogP contribution in [-0.4, -0.2) is 5.71 Å². The first-order chi connectivity index (χ1) is 11.8. The monoisotopic (exact) mass is 327 g/mol. The molecule has 3 aromatic carbocycles. The third-order valence-electron chi connectivity index (χ3n) is 4.95. The minimum Gasteiger partial charge on any atom is -0.251 e. The van der Waals surface area contributed by atoms with Gasteiger partial charge in [0.15, 0.2) is 0 Å². The highest BCUT2D eigenvalue weighted by Gasteiger charge is 2.45. The van der Waals surface area contributed by atoms with Gasteiger partial charge in [-0.2, -0.15) is 0 Å². The average Bonchev–Trinajstić information content (AvgIpc) is 2.97. The summed E-state index contributed by atoms with van der Waals surface area (Å²) in [6.07, 6.45) is 4.49. The second kappa shape index (κ2) is 4.93. The van der Waals surface area contributed by atoms with Crippen LogP contribution in [0, 0.1) is 0 Å². The molecule has 1 nitrogen and oxygen atoms in total. The number of aliphatic imine (C=N–C) groups is 1. The Morgan fingerprint density at radius 2 is 1.62 bits per heavy atom. The van der Waals surface area contributed by atoms with E-state index in [1.165, 1.54) is 22.3 Å². The highest BCUT2D eigenvalue weighted by atomic mass is 35.5. The predicted molar refractivity (Wildman–Crippen MR) is 100 cm³/mol. The van der Waals surface area contributed by atoms with Gasteiger partial charge in [0.2, 0.25) is 0 Å². The van der Waals surface area contributed by atoms with Crippen LogP contribution < -0.4 is 0 Å². The molecule has 0 N–H and O–H groups in total. The molecule has 1 aliphatic carbocycles. The lowest BCUT2D eigenvalue weighted by Gasteiger charge is -2.33. The average molecular weight is 328 g/mol. The fraction of sp³-hybridized carbons (Fsp3) is 0.0455. The van der Waals surface area contributed by atoms with Crippen LogP contribution >= 0.6 is 11.6 Å². The fourth-order valence-corrected chi connectivity index (χ4v) is 4.04. The summed E-state index contributed by atoms with van der Waals surface area (Å²) in [5.74, 6) is 0. The maximum absolute atomic E-state index is 6.23. The van der Waals surface area contributed by atoms with E-state index in [9.17, 15) is 0 Å². The van der Waals surface area contributed by atoms with Crippen molar-refractivity contribution in [1.82, 2.24) is 0 Å². The minimum atomic E-state index is -0.338. The molecule has 0 aromatic heterocycles. The molecule has 114 valence electrons. The van der Waals surface area contributed by atoms with Crippen LogP contribution in [0.3, 0.4) is 0 Å². The Morgan fingerprint density at radius 3 is 2.50 bits per heavy atom. The Balaban J connectivity index is 1.88. The first-order valence-corrected chi connectivity index (χ1v) is 8.40. The summed E-state index contributed by atoms with van der Waals surface area (Å²) in [7, 11) is 0. The first-order valence-electron chi connectivity index (χ1n) is 8.02. The van der Waals surface area contributed by atoms with E-state index >= 15 is 0 Å². The number of halogens is 1. The van der Waals surface area contributed by atoms with E-state index in [-0.39, 0.29) is 5.41 Å². The van der Waals surface area contributed by atoms with Crippen molar-refractivity contribution in [2.45, 2.75) is 5.41 Å². The summed E-state index contributed by atoms with van der Waals surface area (Å²) < 4.78 is 0. The normalized spacial score (nSPS) is 20.1. The van der Waals surface area contributed by atoms with Gasteiger partial charge in [-0.25, -0.2) is 0 Å². The van der Waals surface area contributed by atoms with Gasteiger partial charge in [0.05, 0.1) is 16.8 Å². The molecule has 1 atom stereocenters. The predicted octanol–water partition coefficient (Wildman–Crippen LogP) is 5.79. The molecule has 0 bridgehead atoms. The Hall–Kier alpha value is -2.64. The lowest BCUT2D eigenvalue weighted by Crippen LogP contribution is -2.35. The topological polar surface area (TPSA) is 12.4 Å². The zero-order valence-corrected chi connectivity index (χ0v) is 13.7. The number of hydrogen-bond acceptors (Lipinski definition) is 1. The molecular weight excluding hydrogens is 314 g/mol. The van der Waals surface area contributed by atoms with Crippen molar-refractivity contribution in [3.63, 3.8) is 0 Å². The van der Waals surface area contributed by atoms with Crippen molar-refractivity contribution in [1.29, 1.82) is 0 Å². The van der Waals surface area contributed by atoms with E-state index in [1.54, 1.807) is 0 Å². The van der Waals surface area contributed by atoms with Gasteiger partial charge in [-0.15, -0.1) is 0 Å². The number of nitrogens with zero attached hydrogens (tertiary/aromatic N) is 1. The van der Waals surface area contributed by atoms with Crippen LogP contribution in [0.1, 0.15) is 22.3 Å². The lowest BCUT2D eigenvalue weighted by atomic mass is 9.67.